The second-order valence-electron chi connectivity index (χ2n) is 6.06. The van der Waals surface area contributed by atoms with Gasteiger partial charge in [-0.05, 0) is 37.1 Å². The molecule has 0 bridgehead atoms. The van der Waals surface area contributed by atoms with Crippen molar-refractivity contribution in [3.63, 3.8) is 0 Å². The minimum absolute atomic E-state index is 0.0508. The maximum Gasteiger partial charge on any atom is 0.314 e. The van der Waals surface area contributed by atoms with Crippen LogP contribution in [0, 0.1) is 11.7 Å². The lowest BCUT2D eigenvalue weighted by Crippen LogP contribution is -2.59. The van der Waals surface area contributed by atoms with Crippen LogP contribution in [0.2, 0.25) is 0 Å². The van der Waals surface area contributed by atoms with E-state index in [9.17, 15) is 14.0 Å². The predicted octanol–water partition coefficient (Wildman–Crippen LogP) is 1.21. The fourth-order valence-electron chi connectivity index (χ4n) is 3.04. The summed E-state index contributed by atoms with van der Waals surface area (Å²) in [5, 5.41) is 0. The molecular formula is C16H20FN3O3. The van der Waals surface area contributed by atoms with Crippen molar-refractivity contribution in [2.24, 2.45) is 11.7 Å². The number of amides is 3. The molecule has 0 aliphatic carbocycles. The molecule has 2 fully saturated rings. The van der Waals surface area contributed by atoms with Gasteiger partial charge >= 0.3 is 6.03 Å². The molecule has 6 nitrogen and oxygen atoms in total. The molecule has 1 aromatic rings. The number of carbonyl (C=O) groups is 2. The lowest BCUT2D eigenvalue weighted by molar-refractivity contribution is -0.145. The number of nitrogens with zero attached hydrogens (tertiary/aromatic N) is 2. The van der Waals surface area contributed by atoms with Crippen molar-refractivity contribution in [3.05, 3.63) is 30.1 Å². The Bertz CT molecular complexity index is 587. The Morgan fingerprint density at radius 3 is 2.48 bits per heavy atom. The summed E-state index contributed by atoms with van der Waals surface area (Å²) in [4.78, 5) is 26.9. The van der Waals surface area contributed by atoms with Gasteiger partial charge in [-0.1, -0.05) is 0 Å². The lowest BCUT2D eigenvalue weighted by Gasteiger charge is -2.42. The van der Waals surface area contributed by atoms with Crippen molar-refractivity contribution in [3.8, 4) is 5.75 Å². The summed E-state index contributed by atoms with van der Waals surface area (Å²) in [6, 6.07) is 5.37. The van der Waals surface area contributed by atoms with Crippen LogP contribution < -0.4 is 10.5 Å². The molecule has 0 unspecified atom stereocenters. The summed E-state index contributed by atoms with van der Waals surface area (Å²) in [5.41, 5.74) is 5.29. The SMILES string of the molecule is NC(=O)N1CCC[C@H](C(=O)N2CC(Oc3ccc(F)cc3)C2)C1. The second-order valence-corrected chi connectivity index (χ2v) is 6.06. The third kappa shape index (κ3) is 3.55. The first-order valence-corrected chi connectivity index (χ1v) is 7.78. The van der Waals surface area contributed by atoms with E-state index in [0.29, 0.717) is 31.9 Å². The quantitative estimate of drug-likeness (QED) is 0.909. The van der Waals surface area contributed by atoms with Gasteiger partial charge in [-0.2, -0.15) is 0 Å². The standard InChI is InChI=1S/C16H20FN3O3/c17-12-3-5-13(6-4-12)23-14-9-20(10-14)15(21)11-2-1-7-19(8-11)16(18)22/h3-6,11,14H,1-2,7-10H2,(H2,18,22)/t11-/m0/s1. The number of nitrogens with two attached hydrogens (primary N) is 1. The number of halogens is 1. The minimum Gasteiger partial charge on any atom is -0.487 e. The smallest absolute Gasteiger partial charge is 0.314 e. The maximum atomic E-state index is 12.8. The molecule has 0 radical (unpaired) electrons. The fraction of sp³-hybridized carbons (Fsp3) is 0.500. The summed E-state index contributed by atoms with van der Waals surface area (Å²) in [5.74, 6) is 0.165. The van der Waals surface area contributed by atoms with Crippen LogP contribution in [0.3, 0.4) is 0 Å². The lowest BCUT2D eigenvalue weighted by atomic mass is 9.95. The van der Waals surface area contributed by atoms with E-state index < -0.39 is 6.03 Å². The normalized spacial score (nSPS) is 21.7. The first-order valence-electron chi connectivity index (χ1n) is 7.78. The summed E-state index contributed by atoms with van der Waals surface area (Å²) in [6.07, 6.45) is 1.51. The zero-order valence-corrected chi connectivity index (χ0v) is 12.8. The Balaban J connectivity index is 1.47. The Morgan fingerprint density at radius 1 is 1.13 bits per heavy atom. The number of piperidine rings is 1. The maximum absolute atomic E-state index is 12.8. The Kier molecular flexibility index (Phi) is 4.36. The summed E-state index contributed by atoms with van der Waals surface area (Å²) < 4.78 is 18.5. The predicted molar refractivity (Wildman–Crippen MR) is 81.3 cm³/mol. The highest BCUT2D eigenvalue weighted by Gasteiger charge is 2.37. The number of carbonyl (C=O) groups excluding carboxylic acids is 2. The van der Waals surface area contributed by atoms with Crippen LogP contribution in [0.1, 0.15) is 12.8 Å². The number of hydrogen-bond acceptors (Lipinski definition) is 3. The number of benzene rings is 1. The van der Waals surface area contributed by atoms with Gasteiger partial charge in [0.05, 0.1) is 19.0 Å². The number of ether oxygens (including phenoxy) is 1. The third-order valence-corrected chi connectivity index (χ3v) is 4.36. The molecule has 0 aromatic heterocycles. The monoisotopic (exact) mass is 321 g/mol. The largest absolute Gasteiger partial charge is 0.487 e. The van der Waals surface area contributed by atoms with E-state index in [1.807, 2.05) is 0 Å². The molecule has 2 aliphatic heterocycles. The average molecular weight is 321 g/mol. The third-order valence-electron chi connectivity index (χ3n) is 4.36. The van der Waals surface area contributed by atoms with E-state index in [-0.39, 0.29) is 23.7 Å². The number of urea groups is 1. The zero-order valence-electron chi connectivity index (χ0n) is 12.8. The molecule has 3 rings (SSSR count). The van der Waals surface area contributed by atoms with Crippen LogP contribution in [0.15, 0.2) is 24.3 Å². The van der Waals surface area contributed by atoms with E-state index in [2.05, 4.69) is 0 Å². The van der Waals surface area contributed by atoms with E-state index >= 15 is 0 Å². The minimum atomic E-state index is -0.469. The molecule has 0 saturated carbocycles. The van der Waals surface area contributed by atoms with Crippen molar-refractivity contribution in [1.29, 1.82) is 0 Å². The highest BCUT2D eigenvalue weighted by molar-refractivity contribution is 5.81. The molecule has 2 saturated heterocycles. The van der Waals surface area contributed by atoms with E-state index in [4.69, 9.17) is 10.5 Å². The first kappa shape index (κ1) is 15.6. The number of likely N-dealkylation sites (tertiary alicyclic amines) is 2. The molecule has 3 amide bonds. The van der Waals surface area contributed by atoms with Crippen LogP contribution >= 0.6 is 0 Å². The van der Waals surface area contributed by atoms with Crippen molar-refractivity contribution in [1.82, 2.24) is 9.80 Å². The van der Waals surface area contributed by atoms with Gasteiger partial charge in [0.25, 0.3) is 0 Å². The van der Waals surface area contributed by atoms with Gasteiger partial charge in [-0.3, -0.25) is 4.79 Å². The van der Waals surface area contributed by atoms with Gasteiger partial charge in [-0.15, -0.1) is 0 Å². The van der Waals surface area contributed by atoms with Crippen LogP contribution in [-0.2, 0) is 4.79 Å². The van der Waals surface area contributed by atoms with Crippen molar-refractivity contribution in [2.45, 2.75) is 18.9 Å². The molecule has 23 heavy (non-hydrogen) atoms. The molecule has 7 heteroatoms. The van der Waals surface area contributed by atoms with Gasteiger partial charge in [0, 0.05) is 13.1 Å². The van der Waals surface area contributed by atoms with Crippen molar-refractivity contribution < 1.29 is 18.7 Å². The van der Waals surface area contributed by atoms with Crippen molar-refractivity contribution >= 4 is 11.9 Å². The number of hydrogen-bond donors (Lipinski definition) is 1. The molecule has 2 aliphatic rings. The summed E-state index contributed by atoms with van der Waals surface area (Å²) in [6.45, 7) is 2.05. The van der Waals surface area contributed by atoms with E-state index in [1.165, 1.54) is 17.0 Å². The van der Waals surface area contributed by atoms with Crippen LogP contribution in [-0.4, -0.2) is 54.0 Å². The van der Waals surface area contributed by atoms with Gasteiger partial charge in [0.1, 0.15) is 17.7 Å². The molecule has 2 heterocycles. The Hall–Kier alpha value is -2.31. The fourth-order valence-corrected chi connectivity index (χ4v) is 3.04. The molecule has 1 aromatic carbocycles. The Morgan fingerprint density at radius 2 is 1.83 bits per heavy atom. The zero-order chi connectivity index (χ0) is 16.4. The van der Waals surface area contributed by atoms with E-state index in [1.54, 1.807) is 17.0 Å². The second kappa shape index (κ2) is 6.44. The van der Waals surface area contributed by atoms with Gasteiger partial charge in [0.15, 0.2) is 0 Å². The average Bonchev–Trinajstić information content (AvgIpc) is 2.51. The molecular weight excluding hydrogens is 301 g/mol. The molecule has 1 atom stereocenters. The van der Waals surface area contributed by atoms with Crippen molar-refractivity contribution in [2.75, 3.05) is 26.2 Å². The Labute approximate surface area is 134 Å². The molecule has 2 N–H and O–H groups in total. The topological polar surface area (TPSA) is 75.9 Å². The van der Waals surface area contributed by atoms with E-state index in [0.717, 1.165) is 12.8 Å². The summed E-state index contributed by atoms with van der Waals surface area (Å²) in [7, 11) is 0. The van der Waals surface area contributed by atoms with Gasteiger partial charge in [-0.25, -0.2) is 9.18 Å². The van der Waals surface area contributed by atoms with Gasteiger partial charge in [0.2, 0.25) is 5.91 Å². The van der Waals surface area contributed by atoms with Crippen LogP contribution in [0.4, 0.5) is 9.18 Å². The highest BCUT2D eigenvalue weighted by atomic mass is 19.1. The number of rotatable bonds is 3. The molecule has 0 spiro atoms. The highest BCUT2D eigenvalue weighted by Crippen LogP contribution is 2.24. The summed E-state index contributed by atoms with van der Waals surface area (Å²) >= 11 is 0. The van der Waals surface area contributed by atoms with Crippen LogP contribution in [0.5, 0.6) is 5.75 Å². The first-order chi connectivity index (χ1) is 11.0. The van der Waals surface area contributed by atoms with Crippen LogP contribution in [0.25, 0.3) is 0 Å². The molecule has 124 valence electrons. The number of primary amides is 1. The van der Waals surface area contributed by atoms with Gasteiger partial charge < -0.3 is 20.3 Å².